The number of aliphatic hydroxyl groups is 1. The van der Waals surface area contributed by atoms with Crippen LogP contribution in [-0.4, -0.2) is 64.7 Å². The molecule has 1 fully saturated rings. The summed E-state index contributed by atoms with van der Waals surface area (Å²) in [5.41, 5.74) is 8.10. The van der Waals surface area contributed by atoms with Gasteiger partial charge >= 0.3 is 0 Å². The van der Waals surface area contributed by atoms with E-state index in [0.29, 0.717) is 39.0 Å². The lowest BCUT2D eigenvalue weighted by atomic mass is 10.0. The highest BCUT2D eigenvalue weighted by molar-refractivity contribution is 5.88. The van der Waals surface area contributed by atoms with Crippen LogP contribution in [0.2, 0.25) is 0 Å². The molecule has 0 saturated carbocycles. The number of hydrogen-bond donors (Lipinski definition) is 2. The predicted octanol–water partition coefficient (Wildman–Crippen LogP) is 0.687. The van der Waals surface area contributed by atoms with E-state index in [2.05, 4.69) is 14.9 Å². The molecule has 0 bridgehead atoms. The van der Waals surface area contributed by atoms with Crippen molar-refractivity contribution in [2.24, 2.45) is 5.73 Å². The Morgan fingerprint density at radius 1 is 1.44 bits per heavy atom. The van der Waals surface area contributed by atoms with E-state index in [-0.39, 0.29) is 5.91 Å². The summed E-state index contributed by atoms with van der Waals surface area (Å²) in [7, 11) is 1.71. The van der Waals surface area contributed by atoms with Crippen molar-refractivity contribution in [3.8, 4) is 0 Å². The lowest BCUT2D eigenvalue weighted by molar-refractivity contribution is -0.132. The first kappa shape index (κ1) is 17.6. The summed E-state index contributed by atoms with van der Waals surface area (Å²) in [5.74, 6) is -0.0407. The van der Waals surface area contributed by atoms with Crippen LogP contribution in [0.1, 0.15) is 18.5 Å². The number of β-amino-alcohol motifs (C(OH)–C–C–N with tert-alkyl or cyclic N) is 1. The molecule has 0 aliphatic carbocycles. The fourth-order valence-corrected chi connectivity index (χ4v) is 3.40. The summed E-state index contributed by atoms with van der Waals surface area (Å²) < 4.78 is 0. The first-order valence-electron chi connectivity index (χ1n) is 8.56. The molecule has 0 aromatic carbocycles. The quantitative estimate of drug-likeness (QED) is 0.829. The average Bonchev–Trinajstić information content (AvgIpc) is 2.96. The molecule has 0 unspecified atom stereocenters. The molecule has 0 spiro atoms. The van der Waals surface area contributed by atoms with Crippen molar-refractivity contribution < 1.29 is 9.90 Å². The van der Waals surface area contributed by atoms with Gasteiger partial charge in [0.1, 0.15) is 11.1 Å². The second kappa shape index (κ2) is 6.93. The fraction of sp³-hybridized carbons (Fsp3) is 0.500. The number of fused-ring (bicyclic) bond motifs is 1. The number of carbonyl (C=O) groups excluding carboxylic acids is 1. The lowest BCUT2D eigenvalue weighted by Crippen LogP contribution is -2.46. The maximum absolute atomic E-state index is 11.9. The van der Waals surface area contributed by atoms with Crippen molar-refractivity contribution in [3.63, 3.8) is 0 Å². The van der Waals surface area contributed by atoms with Crippen molar-refractivity contribution >= 4 is 22.6 Å². The Kier molecular flexibility index (Phi) is 4.87. The molecule has 1 aliphatic rings. The van der Waals surface area contributed by atoms with Crippen LogP contribution in [-0.2, 0) is 4.79 Å². The third-order valence-electron chi connectivity index (χ3n) is 4.69. The predicted molar refractivity (Wildman–Crippen MR) is 97.4 cm³/mol. The highest BCUT2D eigenvalue weighted by Gasteiger charge is 2.38. The number of likely N-dealkylation sites (N-methyl/N-ethyl adjacent to an activating group) is 1. The number of hydrogen-bond acceptors (Lipinski definition) is 6. The van der Waals surface area contributed by atoms with Crippen LogP contribution in [0.3, 0.4) is 0 Å². The van der Waals surface area contributed by atoms with Crippen molar-refractivity contribution in [2.45, 2.75) is 25.4 Å². The zero-order valence-corrected chi connectivity index (χ0v) is 14.8. The normalized spacial score (nSPS) is 20.2. The van der Waals surface area contributed by atoms with E-state index in [1.807, 2.05) is 25.1 Å². The second-order valence-corrected chi connectivity index (χ2v) is 6.83. The van der Waals surface area contributed by atoms with Gasteiger partial charge in [0.05, 0.1) is 17.7 Å². The summed E-state index contributed by atoms with van der Waals surface area (Å²) >= 11 is 0. The number of nitrogens with zero attached hydrogens (tertiary/aromatic N) is 4. The Labute approximate surface area is 147 Å². The second-order valence-electron chi connectivity index (χ2n) is 6.83. The zero-order chi connectivity index (χ0) is 18.0. The Balaban J connectivity index is 1.79. The first-order valence-corrected chi connectivity index (χ1v) is 8.56. The maximum Gasteiger partial charge on any atom is 0.223 e. The summed E-state index contributed by atoms with van der Waals surface area (Å²) in [6.45, 7) is 3.75. The van der Waals surface area contributed by atoms with Gasteiger partial charge in [-0.1, -0.05) is 0 Å². The van der Waals surface area contributed by atoms with Crippen LogP contribution in [0, 0.1) is 6.92 Å². The summed E-state index contributed by atoms with van der Waals surface area (Å²) in [6, 6.07) is 5.84. The molecule has 3 heterocycles. The average molecular weight is 343 g/mol. The van der Waals surface area contributed by atoms with Gasteiger partial charge in [-0.3, -0.25) is 9.78 Å². The standard InChI is InChI=1S/C18H25N5O2/c1-13-3-4-14-17(21-13)15(6-9-20-14)23-10-7-18(25,12-23)11-22(2)16(24)5-8-19/h3-4,6,9,25H,5,7-8,10-12,19H2,1-2H3/t18-/m1/s1. The van der Waals surface area contributed by atoms with Crippen LogP contribution in [0.4, 0.5) is 5.69 Å². The molecule has 3 N–H and O–H groups in total. The number of aromatic nitrogens is 2. The molecule has 1 saturated heterocycles. The van der Waals surface area contributed by atoms with E-state index in [9.17, 15) is 9.90 Å². The van der Waals surface area contributed by atoms with Crippen LogP contribution in [0.5, 0.6) is 0 Å². The number of pyridine rings is 2. The molecule has 25 heavy (non-hydrogen) atoms. The van der Waals surface area contributed by atoms with Gasteiger partial charge in [0.2, 0.25) is 5.91 Å². The summed E-state index contributed by atoms with van der Waals surface area (Å²) in [6.07, 6.45) is 2.67. The molecular weight excluding hydrogens is 318 g/mol. The minimum atomic E-state index is -0.932. The highest BCUT2D eigenvalue weighted by atomic mass is 16.3. The molecule has 1 aliphatic heterocycles. The molecule has 1 amide bonds. The van der Waals surface area contributed by atoms with E-state index >= 15 is 0 Å². The number of anilines is 1. The number of aryl methyl sites for hydroxylation is 1. The van der Waals surface area contributed by atoms with E-state index in [1.165, 1.54) is 0 Å². The van der Waals surface area contributed by atoms with E-state index < -0.39 is 5.60 Å². The summed E-state index contributed by atoms with van der Waals surface area (Å²) in [4.78, 5) is 24.6. The van der Waals surface area contributed by atoms with Gasteiger partial charge in [0, 0.05) is 45.0 Å². The Morgan fingerprint density at radius 3 is 3.00 bits per heavy atom. The van der Waals surface area contributed by atoms with Gasteiger partial charge in [-0.2, -0.15) is 0 Å². The largest absolute Gasteiger partial charge is 0.386 e. The molecule has 134 valence electrons. The topological polar surface area (TPSA) is 95.6 Å². The Bertz CT molecular complexity index is 781. The third-order valence-corrected chi connectivity index (χ3v) is 4.69. The molecular formula is C18H25N5O2. The monoisotopic (exact) mass is 343 g/mol. The van der Waals surface area contributed by atoms with Gasteiger partial charge < -0.3 is 20.6 Å². The van der Waals surface area contributed by atoms with Gasteiger partial charge in [-0.15, -0.1) is 0 Å². The van der Waals surface area contributed by atoms with Gasteiger partial charge in [0.15, 0.2) is 0 Å². The molecule has 0 radical (unpaired) electrons. The van der Waals surface area contributed by atoms with Crippen LogP contribution >= 0.6 is 0 Å². The summed E-state index contributed by atoms with van der Waals surface area (Å²) in [5, 5.41) is 10.9. The number of amides is 1. The third kappa shape index (κ3) is 3.72. The SMILES string of the molecule is Cc1ccc2nccc(N3CC[C@@](O)(CN(C)C(=O)CCN)C3)c2n1. The molecule has 2 aromatic rings. The zero-order valence-electron chi connectivity index (χ0n) is 14.8. The van der Waals surface area contributed by atoms with Crippen LogP contribution in [0.25, 0.3) is 11.0 Å². The molecule has 7 nitrogen and oxygen atoms in total. The van der Waals surface area contributed by atoms with Crippen LogP contribution < -0.4 is 10.6 Å². The minimum absolute atomic E-state index is 0.0407. The van der Waals surface area contributed by atoms with E-state index in [0.717, 1.165) is 22.4 Å². The van der Waals surface area contributed by atoms with Crippen molar-refractivity contribution in [2.75, 3.05) is 38.1 Å². The Morgan fingerprint density at radius 2 is 2.24 bits per heavy atom. The molecule has 7 heteroatoms. The molecule has 3 rings (SSSR count). The number of nitrogens with two attached hydrogens (primary N) is 1. The van der Waals surface area contributed by atoms with Crippen molar-refractivity contribution in [1.82, 2.24) is 14.9 Å². The smallest absolute Gasteiger partial charge is 0.223 e. The number of carbonyl (C=O) groups is 1. The van der Waals surface area contributed by atoms with E-state index in [1.54, 1.807) is 18.1 Å². The van der Waals surface area contributed by atoms with Gasteiger partial charge in [0.25, 0.3) is 0 Å². The van der Waals surface area contributed by atoms with Gasteiger partial charge in [-0.25, -0.2) is 4.98 Å². The maximum atomic E-state index is 11.9. The highest BCUT2D eigenvalue weighted by Crippen LogP contribution is 2.31. The molecule has 1 atom stereocenters. The lowest BCUT2D eigenvalue weighted by Gasteiger charge is -2.29. The Hall–Kier alpha value is -2.25. The molecule has 2 aromatic heterocycles. The fourth-order valence-electron chi connectivity index (χ4n) is 3.40. The van der Waals surface area contributed by atoms with Crippen molar-refractivity contribution in [1.29, 1.82) is 0 Å². The van der Waals surface area contributed by atoms with Crippen LogP contribution in [0.15, 0.2) is 24.4 Å². The first-order chi connectivity index (χ1) is 11.9. The van der Waals surface area contributed by atoms with E-state index in [4.69, 9.17) is 5.73 Å². The minimum Gasteiger partial charge on any atom is -0.386 e. The number of rotatable bonds is 5. The van der Waals surface area contributed by atoms with Crippen molar-refractivity contribution in [3.05, 3.63) is 30.1 Å². The van der Waals surface area contributed by atoms with Gasteiger partial charge in [-0.05, 0) is 31.5 Å².